The first kappa shape index (κ1) is 14.0. The van der Waals surface area contributed by atoms with Gasteiger partial charge in [-0.3, -0.25) is 0 Å². The standard InChI is InChI=1S/C14H22N2S/c1-5-6-11(3)16(4)12-7-8-13(14(15)17)10(2)9-12/h7-9,11H,5-6H2,1-4H3,(H2,15,17). The Hall–Kier alpha value is -1.09. The summed E-state index contributed by atoms with van der Waals surface area (Å²) in [5.41, 5.74) is 9.01. The summed E-state index contributed by atoms with van der Waals surface area (Å²) in [7, 11) is 2.13. The lowest BCUT2D eigenvalue weighted by molar-refractivity contribution is 0.616. The maximum Gasteiger partial charge on any atom is 0.104 e. The Morgan fingerprint density at radius 1 is 1.47 bits per heavy atom. The van der Waals surface area contributed by atoms with Gasteiger partial charge >= 0.3 is 0 Å². The smallest absolute Gasteiger partial charge is 0.104 e. The predicted octanol–water partition coefficient (Wildman–Crippen LogP) is 3.25. The summed E-state index contributed by atoms with van der Waals surface area (Å²) in [6.45, 7) is 6.52. The Balaban J connectivity index is 2.93. The molecule has 1 rings (SSSR count). The van der Waals surface area contributed by atoms with Crippen molar-refractivity contribution >= 4 is 22.9 Å². The van der Waals surface area contributed by atoms with Crippen molar-refractivity contribution in [3.05, 3.63) is 29.3 Å². The fourth-order valence-electron chi connectivity index (χ4n) is 2.01. The van der Waals surface area contributed by atoms with Gasteiger partial charge in [0.2, 0.25) is 0 Å². The maximum absolute atomic E-state index is 5.67. The fraction of sp³-hybridized carbons (Fsp3) is 0.500. The summed E-state index contributed by atoms with van der Waals surface area (Å²) in [5, 5.41) is 0. The molecular weight excluding hydrogens is 228 g/mol. The normalized spacial score (nSPS) is 12.2. The molecule has 2 N–H and O–H groups in total. The van der Waals surface area contributed by atoms with E-state index in [1.54, 1.807) is 0 Å². The number of aryl methyl sites for hydroxylation is 1. The molecule has 0 fully saturated rings. The molecule has 1 aromatic rings. The molecule has 3 heteroatoms. The highest BCUT2D eigenvalue weighted by Gasteiger charge is 2.10. The molecule has 0 aliphatic rings. The Labute approximate surface area is 110 Å². The first-order valence-corrected chi connectivity index (χ1v) is 6.51. The van der Waals surface area contributed by atoms with Crippen molar-refractivity contribution in [2.75, 3.05) is 11.9 Å². The van der Waals surface area contributed by atoms with Gasteiger partial charge in [0.15, 0.2) is 0 Å². The number of nitrogens with zero attached hydrogens (tertiary/aromatic N) is 1. The molecule has 1 unspecified atom stereocenters. The van der Waals surface area contributed by atoms with E-state index in [2.05, 4.69) is 44.9 Å². The molecule has 0 saturated carbocycles. The minimum absolute atomic E-state index is 0.471. The van der Waals surface area contributed by atoms with Crippen LogP contribution in [0.4, 0.5) is 5.69 Å². The highest BCUT2D eigenvalue weighted by atomic mass is 32.1. The summed E-state index contributed by atoms with van der Waals surface area (Å²) < 4.78 is 0. The van der Waals surface area contributed by atoms with Crippen LogP contribution in [0.3, 0.4) is 0 Å². The molecule has 17 heavy (non-hydrogen) atoms. The SMILES string of the molecule is CCCC(C)N(C)c1ccc(C(N)=S)c(C)c1. The molecule has 0 aliphatic carbocycles. The lowest BCUT2D eigenvalue weighted by Crippen LogP contribution is -2.28. The van der Waals surface area contributed by atoms with Gasteiger partial charge < -0.3 is 10.6 Å². The number of anilines is 1. The van der Waals surface area contributed by atoms with E-state index in [0.29, 0.717) is 11.0 Å². The van der Waals surface area contributed by atoms with Crippen LogP contribution >= 0.6 is 12.2 Å². The van der Waals surface area contributed by atoms with Gasteiger partial charge in [-0.25, -0.2) is 0 Å². The quantitative estimate of drug-likeness (QED) is 0.813. The van der Waals surface area contributed by atoms with Crippen LogP contribution < -0.4 is 10.6 Å². The van der Waals surface area contributed by atoms with E-state index < -0.39 is 0 Å². The van der Waals surface area contributed by atoms with E-state index >= 15 is 0 Å². The van der Waals surface area contributed by atoms with Crippen LogP contribution in [0.15, 0.2) is 18.2 Å². The second-order valence-corrected chi connectivity index (χ2v) is 5.05. The van der Waals surface area contributed by atoms with Crippen molar-refractivity contribution in [1.82, 2.24) is 0 Å². The second kappa shape index (κ2) is 6.01. The van der Waals surface area contributed by atoms with Crippen LogP contribution in [-0.2, 0) is 0 Å². The van der Waals surface area contributed by atoms with Gasteiger partial charge in [-0.1, -0.05) is 25.6 Å². The van der Waals surface area contributed by atoms with Gasteiger partial charge in [-0.2, -0.15) is 0 Å². The van der Waals surface area contributed by atoms with E-state index in [1.165, 1.54) is 18.5 Å². The van der Waals surface area contributed by atoms with Crippen LogP contribution in [0.25, 0.3) is 0 Å². The lowest BCUT2D eigenvalue weighted by atomic mass is 10.1. The summed E-state index contributed by atoms with van der Waals surface area (Å²) in [6.07, 6.45) is 2.40. The van der Waals surface area contributed by atoms with E-state index in [4.69, 9.17) is 18.0 Å². The minimum atomic E-state index is 0.471. The first-order chi connectivity index (χ1) is 7.97. The van der Waals surface area contributed by atoms with Crippen molar-refractivity contribution in [1.29, 1.82) is 0 Å². The predicted molar refractivity (Wildman–Crippen MR) is 79.8 cm³/mol. The summed E-state index contributed by atoms with van der Waals surface area (Å²) in [5.74, 6) is 0. The van der Waals surface area contributed by atoms with Gasteiger partial charge in [0.25, 0.3) is 0 Å². The Morgan fingerprint density at radius 2 is 2.12 bits per heavy atom. The molecule has 2 nitrogen and oxygen atoms in total. The molecule has 0 aliphatic heterocycles. The van der Waals surface area contributed by atoms with Gasteiger partial charge in [0, 0.05) is 24.3 Å². The molecule has 0 bridgehead atoms. The van der Waals surface area contributed by atoms with Gasteiger partial charge in [0.05, 0.1) is 0 Å². The molecule has 0 aromatic heterocycles. The summed E-state index contributed by atoms with van der Waals surface area (Å²) in [4.78, 5) is 2.78. The highest BCUT2D eigenvalue weighted by molar-refractivity contribution is 7.80. The Kier molecular flexibility index (Phi) is 4.94. The third kappa shape index (κ3) is 3.43. The number of nitrogens with two attached hydrogens (primary N) is 1. The third-order valence-electron chi connectivity index (χ3n) is 3.25. The molecular formula is C14H22N2S. The number of thiocarbonyl (C=S) groups is 1. The van der Waals surface area contributed by atoms with Crippen LogP contribution in [0, 0.1) is 6.92 Å². The number of rotatable bonds is 5. The molecule has 1 atom stereocenters. The van der Waals surface area contributed by atoms with Gasteiger partial charge in [-0.05, 0) is 44.0 Å². The van der Waals surface area contributed by atoms with Gasteiger partial charge in [-0.15, -0.1) is 0 Å². The summed E-state index contributed by atoms with van der Waals surface area (Å²) in [6, 6.07) is 6.81. The van der Waals surface area contributed by atoms with E-state index in [-0.39, 0.29) is 0 Å². The van der Waals surface area contributed by atoms with Crippen molar-refractivity contribution in [2.45, 2.75) is 39.7 Å². The van der Waals surface area contributed by atoms with Crippen LogP contribution in [0.5, 0.6) is 0 Å². The molecule has 0 heterocycles. The maximum atomic E-state index is 5.67. The van der Waals surface area contributed by atoms with Crippen molar-refractivity contribution < 1.29 is 0 Å². The highest BCUT2D eigenvalue weighted by Crippen LogP contribution is 2.21. The zero-order chi connectivity index (χ0) is 13.0. The monoisotopic (exact) mass is 250 g/mol. The molecule has 0 radical (unpaired) electrons. The Morgan fingerprint density at radius 3 is 2.59 bits per heavy atom. The van der Waals surface area contributed by atoms with Crippen LogP contribution in [0.2, 0.25) is 0 Å². The zero-order valence-corrected chi connectivity index (χ0v) is 12.0. The number of hydrogen-bond donors (Lipinski definition) is 1. The molecule has 0 spiro atoms. The molecule has 0 saturated heterocycles. The number of benzene rings is 1. The Bertz CT molecular complexity index is 401. The first-order valence-electron chi connectivity index (χ1n) is 6.10. The van der Waals surface area contributed by atoms with E-state index in [1.807, 2.05) is 6.07 Å². The molecule has 1 aromatic carbocycles. The molecule has 0 amide bonds. The molecule has 94 valence electrons. The topological polar surface area (TPSA) is 29.3 Å². The fourth-order valence-corrected chi connectivity index (χ4v) is 2.24. The van der Waals surface area contributed by atoms with E-state index in [9.17, 15) is 0 Å². The van der Waals surface area contributed by atoms with Crippen molar-refractivity contribution in [2.24, 2.45) is 5.73 Å². The van der Waals surface area contributed by atoms with E-state index in [0.717, 1.165) is 11.1 Å². The summed E-state index contributed by atoms with van der Waals surface area (Å²) >= 11 is 5.02. The zero-order valence-electron chi connectivity index (χ0n) is 11.2. The average Bonchev–Trinajstić information content (AvgIpc) is 2.27. The van der Waals surface area contributed by atoms with Crippen molar-refractivity contribution in [3.8, 4) is 0 Å². The van der Waals surface area contributed by atoms with Crippen LogP contribution in [0.1, 0.15) is 37.8 Å². The largest absolute Gasteiger partial charge is 0.389 e. The second-order valence-electron chi connectivity index (χ2n) is 4.61. The van der Waals surface area contributed by atoms with Crippen LogP contribution in [-0.4, -0.2) is 18.1 Å². The number of hydrogen-bond acceptors (Lipinski definition) is 2. The minimum Gasteiger partial charge on any atom is -0.389 e. The lowest BCUT2D eigenvalue weighted by Gasteiger charge is -2.27. The van der Waals surface area contributed by atoms with Crippen molar-refractivity contribution in [3.63, 3.8) is 0 Å². The third-order valence-corrected chi connectivity index (χ3v) is 3.47. The van der Waals surface area contributed by atoms with Gasteiger partial charge in [0.1, 0.15) is 4.99 Å². The average molecular weight is 250 g/mol.